The largest absolute Gasteiger partial charge is 0.340 e. The van der Waals surface area contributed by atoms with Gasteiger partial charge in [0.15, 0.2) is 0 Å². The van der Waals surface area contributed by atoms with Gasteiger partial charge >= 0.3 is 6.03 Å². The highest BCUT2D eigenvalue weighted by atomic mass is 16.2. The van der Waals surface area contributed by atoms with Crippen LogP contribution < -0.4 is 5.32 Å². The normalized spacial score (nSPS) is 9.12. The van der Waals surface area contributed by atoms with Gasteiger partial charge in [0.25, 0.3) is 0 Å². The van der Waals surface area contributed by atoms with Crippen molar-refractivity contribution in [1.82, 2.24) is 5.32 Å². The van der Waals surface area contributed by atoms with Crippen LogP contribution in [-0.2, 0) is 0 Å². The molecule has 0 aliphatic heterocycles. The number of amides is 2. The quantitative estimate of drug-likeness (QED) is 0.495. The minimum Gasteiger partial charge on any atom is -0.339 e. The Morgan fingerprint density at radius 2 is 2.50 bits per heavy atom. The summed E-state index contributed by atoms with van der Waals surface area (Å²) in [6, 6.07) is -0.357. The Kier molecular flexibility index (Phi) is 3.48. The van der Waals surface area contributed by atoms with Gasteiger partial charge in [0.1, 0.15) is 0 Å². The van der Waals surface area contributed by atoms with Gasteiger partial charge in [-0.3, -0.25) is 0 Å². The first kappa shape index (κ1) is 6.88. The van der Waals surface area contributed by atoms with E-state index in [1.807, 2.05) is 0 Å². The van der Waals surface area contributed by atoms with Crippen LogP contribution in [0.1, 0.15) is 0 Å². The zero-order chi connectivity index (χ0) is 6.41. The van der Waals surface area contributed by atoms with Crippen LogP contribution in [0.4, 0.5) is 4.79 Å². The van der Waals surface area contributed by atoms with E-state index in [0.717, 1.165) is 0 Å². The number of carbonyl (C=O) groups is 1. The number of hydrogen-bond acceptors (Lipinski definition) is 1. The lowest BCUT2D eigenvalue weighted by Crippen LogP contribution is -2.12. The van der Waals surface area contributed by atoms with Crippen LogP contribution in [0.5, 0.6) is 0 Å². The van der Waals surface area contributed by atoms with Crippen molar-refractivity contribution in [2.24, 2.45) is 4.99 Å². The van der Waals surface area contributed by atoms with E-state index < -0.39 is 0 Å². The minimum absolute atomic E-state index is 0.357. The molecule has 3 heteroatoms. The zero-order valence-corrected chi connectivity index (χ0v) is 4.72. The maximum absolute atomic E-state index is 10.2. The lowest BCUT2D eigenvalue weighted by molar-refractivity contribution is 0.251. The fourth-order valence-corrected chi connectivity index (χ4v) is 0.185. The molecule has 0 aliphatic rings. The third kappa shape index (κ3) is 3.08. The third-order valence-corrected chi connectivity index (χ3v) is 0.511. The molecule has 0 aromatic heterocycles. The number of nitrogens with one attached hydrogen (secondary N) is 1. The maximum atomic E-state index is 10.2. The van der Waals surface area contributed by atoms with Gasteiger partial charge in [-0.1, -0.05) is 12.7 Å². The zero-order valence-electron chi connectivity index (χ0n) is 4.72. The van der Waals surface area contributed by atoms with E-state index in [9.17, 15) is 4.79 Å². The summed E-state index contributed by atoms with van der Waals surface area (Å²) in [6.07, 6.45) is 2.77. The number of hydrogen-bond donors (Lipinski definition) is 1. The predicted molar refractivity (Wildman–Crippen MR) is 33.1 cm³/mol. The van der Waals surface area contributed by atoms with Gasteiger partial charge in [-0.25, -0.2) is 9.79 Å². The summed E-state index contributed by atoms with van der Waals surface area (Å²) in [5.41, 5.74) is 0. The molecule has 0 aromatic carbocycles. The van der Waals surface area contributed by atoms with Gasteiger partial charge < -0.3 is 5.32 Å². The summed E-state index contributed by atoms with van der Waals surface area (Å²) >= 11 is 0. The average Bonchev–Trinajstić information content (AvgIpc) is 1.83. The molecule has 0 spiro atoms. The molecule has 0 aromatic rings. The van der Waals surface area contributed by atoms with Crippen molar-refractivity contribution in [1.29, 1.82) is 0 Å². The van der Waals surface area contributed by atoms with Crippen molar-refractivity contribution in [3.63, 3.8) is 0 Å². The van der Waals surface area contributed by atoms with Crippen molar-refractivity contribution >= 4 is 12.2 Å². The molecule has 0 aliphatic carbocycles. The molecule has 8 heavy (non-hydrogen) atoms. The van der Waals surface area contributed by atoms with E-state index in [0.29, 0.717) is 0 Å². The van der Waals surface area contributed by atoms with Crippen LogP contribution >= 0.6 is 0 Å². The van der Waals surface area contributed by atoms with E-state index >= 15 is 0 Å². The fraction of sp³-hybridized carbons (Fsp3) is 0.200. The minimum atomic E-state index is -0.357. The first-order valence-electron chi connectivity index (χ1n) is 2.18. The van der Waals surface area contributed by atoms with Gasteiger partial charge in [0, 0.05) is 13.3 Å². The molecular weight excluding hydrogens is 104 g/mol. The van der Waals surface area contributed by atoms with Crippen LogP contribution in [0, 0.1) is 0 Å². The second kappa shape index (κ2) is 4.05. The Bertz CT molecular complexity index is 118. The Balaban J connectivity index is 3.52. The molecule has 0 saturated heterocycles. The maximum Gasteiger partial charge on any atom is 0.340 e. The SMILES string of the molecule is C=CC=NC(=O)NC. The highest BCUT2D eigenvalue weighted by Crippen LogP contribution is 1.67. The number of nitrogens with zero attached hydrogens (tertiary/aromatic N) is 1. The molecule has 44 valence electrons. The molecule has 0 fully saturated rings. The standard InChI is InChI=1S/C5H8N2O/c1-3-4-7-5(8)6-2/h3-4H,1H2,2H3,(H,6,8). The molecule has 2 amide bonds. The summed E-state index contributed by atoms with van der Waals surface area (Å²) < 4.78 is 0. The van der Waals surface area contributed by atoms with Gasteiger partial charge in [-0.15, -0.1) is 0 Å². The highest BCUT2D eigenvalue weighted by molar-refractivity contribution is 5.86. The molecular formula is C5H8N2O. The second-order valence-corrected chi connectivity index (χ2v) is 1.07. The molecule has 0 saturated carbocycles. The van der Waals surface area contributed by atoms with Gasteiger partial charge in [0.2, 0.25) is 0 Å². The summed E-state index contributed by atoms with van der Waals surface area (Å²) in [5, 5.41) is 2.32. The van der Waals surface area contributed by atoms with E-state index in [2.05, 4.69) is 16.9 Å². The number of aliphatic imine (C=N–C) groups is 1. The fourth-order valence-electron chi connectivity index (χ4n) is 0.185. The Morgan fingerprint density at radius 1 is 1.88 bits per heavy atom. The van der Waals surface area contributed by atoms with E-state index in [1.165, 1.54) is 19.3 Å². The van der Waals surface area contributed by atoms with Crippen molar-refractivity contribution in [2.75, 3.05) is 7.05 Å². The Hall–Kier alpha value is -1.12. The van der Waals surface area contributed by atoms with Gasteiger partial charge in [-0.2, -0.15) is 0 Å². The van der Waals surface area contributed by atoms with Crippen molar-refractivity contribution in [3.8, 4) is 0 Å². The van der Waals surface area contributed by atoms with Gasteiger partial charge in [0.05, 0.1) is 0 Å². The topological polar surface area (TPSA) is 41.5 Å². The second-order valence-electron chi connectivity index (χ2n) is 1.07. The van der Waals surface area contributed by atoms with Gasteiger partial charge in [-0.05, 0) is 0 Å². The molecule has 1 N–H and O–H groups in total. The first-order valence-corrected chi connectivity index (χ1v) is 2.18. The third-order valence-electron chi connectivity index (χ3n) is 0.511. The summed E-state index contributed by atoms with van der Waals surface area (Å²) in [6.45, 7) is 3.34. The number of carbonyl (C=O) groups excluding carboxylic acids is 1. The van der Waals surface area contributed by atoms with Crippen molar-refractivity contribution in [2.45, 2.75) is 0 Å². The molecule has 0 atom stereocenters. The molecule has 0 radical (unpaired) electrons. The number of rotatable bonds is 1. The lowest BCUT2D eigenvalue weighted by atomic mass is 10.7. The smallest absolute Gasteiger partial charge is 0.339 e. The Labute approximate surface area is 48.1 Å². The molecule has 3 nitrogen and oxygen atoms in total. The molecule has 0 unspecified atom stereocenters. The van der Waals surface area contributed by atoms with E-state index in [-0.39, 0.29) is 6.03 Å². The first-order chi connectivity index (χ1) is 3.81. The van der Waals surface area contributed by atoms with Crippen LogP contribution in [0.25, 0.3) is 0 Å². The van der Waals surface area contributed by atoms with Crippen LogP contribution in [0.3, 0.4) is 0 Å². The number of allylic oxidation sites excluding steroid dienone is 1. The predicted octanol–water partition coefficient (Wildman–Crippen LogP) is 0.583. The van der Waals surface area contributed by atoms with Crippen LogP contribution in [-0.4, -0.2) is 19.3 Å². The van der Waals surface area contributed by atoms with E-state index in [4.69, 9.17) is 0 Å². The average molecular weight is 112 g/mol. The lowest BCUT2D eigenvalue weighted by Gasteiger charge is -1.84. The van der Waals surface area contributed by atoms with Crippen LogP contribution in [0.15, 0.2) is 17.6 Å². The monoisotopic (exact) mass is 112 g/mol. The van der Waals surface area contributed by atoms with Crippen molar-refractivity contribution < 1.29 is 4.79 Å². The summed E-state index contributed by atoms with van der Waals surface area (Å²) in [7, 11) is 1.52. The highest BCUT2D eigenvalue weighted by Gasteiger charge is 1.83. The summed E-state index contributed by atoms with van der Waals surface area (Å²) in [5.74, 6) is 0. The summed E-state index contributed by atoms with van der Waals surface area (Å²) in [4.78, 5) is 13.6. The molecule has 0 bridgehead atoms. The number of urea groups is 1. The van der Waals surface area contributed by atoms with Crippen molar-refractivity contribution in [3.05, 3.63) is 12.7 Å². The Morgan fingerprint density at radius 3 is 2.88 bits per heavy atom. The van der Waals surface area contributed by atoms with Crippen LogP contribution in [0.2, 0.25) is 0 Å². The molecule has 0 rings (SSSR count). The van der Waals surface area contributed by atoms with E-state index in [1.54, 1.807) is 0 Å². The molecule has 0 heterocycles.